The third-order valence-electron chi connectivity index (χ3n) is 4.20. The van der Waals surface area contributed by atoms with E-state index in [0.29, 0.717) is 11.1 Å². The Morgan fingerprint density at radius 1 is 1.12 bits per heavy atom. The number of aryl methyl sites for hydroxylation is 1. The zero-order valence-corrected chi connectivity index (χ0v) is 13.8. The largest absolute Gasteiger partial charge is 0.469 e. The Morgan fingerprint density at radius 2 is 1.92 bits per heavy atom. The zero-order chi connectivity index (χ0) is 17.8. The van der Waals surface area contributed by atoms with Crippen LogP contribution < -0.4 is 0 Å². The Balaban J connectivity index is 2.09. The van der Waals surface area contributed by atoms with Crippen LogP contribution in [-0.2, 0) is 16.0 Å². The van der Waals surface area contributed by atoms with Crippen molar-refractivity contribution < 1.29 is 18.7 Å². The molecule has 0 radical (unpaired) electrons. The predicted octanol–water partition coefficient (Wildman–Crippen LogP) is 4.56. The molecule has 0 amide bonds. The number of benzene rings is 3. The van der Waals surface area contributed by atoms with Crippen LogP contribution in [0.25, 0.3) is 21.9 Å². The van der Waals surface area contributed by atoms with Gasteiger partial charge >= 0.3 is 5.97 Å². The molecule has 0 aliphatic carbocycles. The van der Waals surface area contributed by atoms with Gasteiger partial charge in [0.2, 0.25) is 0 Å². The summed E-state index contributed by atoms with van der Waals surface area (Å²) in [6, 6.07) is 16.2. The van der Waals surface area contributed by atoms with Crippen molar-refractivity contribution in [3.8, 4) is 11.1 Å². The number of rotatable bonds is 5. The lowest BCUT2D eigenvalue weighted by atomic mass is 9.94. The number of hydrogen-bond acceptors (Lipinski definition) is 3. The van der Waals surface area contributed by atoms with E-state index < -0.39 is 0 Å². The van der Waals surface area contributed by atoms with Crippen molar-refractivity contribution in [2.75, 3.05) is 7.11 Å². The normalized spacial score (nSPS) is 10.6. The molecule has 0 saturated heterocycles. The Hall–Kier alpha value is -3.01. The van der Waals surface area contributed by atoms with Gasteiger partial charge in [-0.15, -0.1) is 0 Å². The first-order chi connectivity index (χ1) is 12.1. The minimum Gasteiger partial charge on any atom is -0.469 e. The van der Waals surface area contributed by atoms with Gasteiger partial charge in [0.15, 0.2) is 0 Å². The molecule has 0 aliphatic heterocycles. The summed E-state index contributed by atoms with van der Waals surface area (Å²) in [5.74, 6) is -0.735. The first kappa shape index (κ1) is 16.8. The van der Waals surface area contributed by atoms with E-state index in [2.05, 4.69) is 4.74 Å². The highest BCUT2D eigenvalue weighted by Gasteiger charge is 2.11. The molecule has 0 spiro atoms. The van der Waals surface area contributed by atoms with Crippen LogP contribution in [0.2, 0.25) is 0 Å². The summed E-state index contributed by atoms with van der Waals surface area (Å²) in [7, 11) is 1.31. The Morgan fingerprint density at radius 3 is 2.68 bits per heavy atom. The highest BCUT2D eigenvalue weighted by Crippen LogP contribution is 2.31. The summed E-state index contributed by atoms with van der Waals surface area (Å²) in [4.78, 5) is 22.6. The third-order valence-corrected chi connectivity index (χ3v) is 4.20. The summed E-state index contributed by atoms with van der Waals surface area (Å²) < 4.78 is 18.7. The molecule has 0 heterocycles. The Bertz CT molecular complexity index is 947. The molecule has 0 bridgehead atoms. The van der Waals surface area contributed by atoms with E-state index >= 15 is 0 Å². The van der Waals surface area contributed by atoms with Crippen LogP contribution in [-0.4, -0.2) is 19.4 Å². The molecule has 0 aromatic heterocycles. The minimum absolute atomic E-state index is 0.117. The van der Waals surface area contributed by atoms with Gasteiger partial charge in [-0.3, -0.25) is 9.59 Å². The Labute approximate surface area is 145 Å². The molecular formula is C21H17FO3. The third kappa shape index (κ3) is 3.58. The standard InChI is InChI=1S/C21H17FO3/c1-25-21(24)9-7-17-12-16(6-8-20(17)22)19-11-14(13-23)10-15-4-2-3-5-18(15)19/h2-6,8,10-13H,7,9H2,1H3. The van der Waals surface area contributed by atoms with E-state index in [1.807, 2.05) is 30.3 Å². The number of carbonyl (C=O) groups excluding carboxylic acids is 2. The van der Waals surface area contributed by atoms with E-state index in [9.17, 15) is 14.0 Å². The minimum atomic E-state index is -0.377. The van der Waals surface area contributed by atoms with Crippen LogP contribution in [0.1, 0.15) is 22.3 Å². The molecule has 0 saturated carbocycles. The van der Waals surface area contributed by atoms with E-state index in [0.717, 1.165) is 28.2 Å². The maximum atomic E-state index is 14.1. The predicted molar refractivity (Wildman–Crippen MR) is 95.1 cm³/mol. The first-order valence-corrected chi connectivity index (χ1v) is 7.96. The SMILES string of the molecule is COC(=O)CCc1cc(-c2cc(C=O)cc3ccccc23)ccc1F. The van der Waals surface area contributed by atoms with Crippen LogP contribution >= 0.6 is 0 Å². The second-order valence-electron chi connectivity index (χ2n) is 5.79. The van der Waals surface area contributed by atoms with Crippen LogP contribution in [0.3, 0.4) is 0 Å². The molecule has 3 aromatic carbocycles. The smallest absolute Gasteiger partial charge is 0.305 e. The lowest BCUT2D eigenvalue weighted by molar-refractivity contribution is -0.140. The maximum Gasteiger partial charge on any atom is 0.305 e. The molecule has 0 N–H and O–H groups in total. The summed E-state index contributed by atoms with van der Waals surface area (Å²) in [6.45, 7) is 0. The van der Waals surface area contributed by atoms with Crippen LogP contribution in [0.5, 0.6) is 0 Å². The van der Waals surface area contributed by atoms with Gasteiger partial charge in [-0.2, -0.15) is 0 Å². The fourth-order valence-electron chi connectivity index (χ4n) is 2.91. The van der Waals surface area contributed by atoms with Gasteiger partial charge in [-0.05, 0) is 58.1 Å². The highest BCUT2D eigenvalue weighted by molar-refractivity contribution is 6.00. The molecule has 3 aromatic rings. The average Bonchev–Trinajstić information content (AvgIpc) is 2.66. The van der Waals surface area contributed by atoms with Gasteiger partial charge in [0, 0.05) is 12.0 Å². The van der Waals surface area contributed by atoms with Gasteiger partial charge < -0.3 is 4.74 Å². The van der Waals surface area contributed by atoms with Crippen LogP contribution in [0.4, 0.5) is 4.39 Å². The van der Waals surface area contributed by atoms with Gasteiger partial charge in [0.1, 0.15) is 12.1 Å². The van der Waals surface area contributed by atoms with Crippen LogP contribution in [0.15, 0.2) is 54.6 Å². The van der Waals surface area contributed by atoms with Crippen molar-refractivity contribution in [1.29, 1.82) is 0 Å². The number of ether oxygens (including phenoxy) is 1. The van der Waals surface area contributed by atoms with Gasteiger partial charge in [0.25, 0.3) is 0 Å². The van der Waals surface area contributed by atoms with Gasteiger partial charge in [-0.1, -0.05) is 30.3 Å². The molecular weight excluding hydrogens is 319 g/mol. The number of hydrogen-bond donors (Lipinski definition) is 0. The van der Waals surface area contributed by atoms with E-state index in [1.165, 1.54) is 13.2 Å². The second kappa shape index (κ2) is 7.26. The van der Waals surface area contributed by atoms with Crippen molar-refractivity contribution in [2.24, 2.45) is 0 Å². The molecule has 4 heteroatoms. The number of aldehydes is 1. The second-order valence-corrected chi connectivity index (χ2v) is 5.79. The molecule has 126 valence electrons. The van der Waals surface area contributed by atoms with Crippen molar-refractivity contribution in [3.63, 3.8) is 0 Å². The number of carbonyl (C=O) groups is 2. The molecule has 3 nitrogen and oxygen atoms in total. The topological polar surface area (TPSA) is 43.4 Å². The van der Waals surface area contributed by atoms with E-state index in [-0.39, 0.29) is 24.6 Å². The summed E-state index contributed by atoms with van der Waals surface area (Å²) >= 11 is 0. The van der Waals surface area contributed by atoms with E-state index in [1.54, 1.807) is 18.2 Å². The molecule has 0 fully saturated rings. The Kier molecular flexibility index (Phi) is 4.89. The number of esters is 1. The van der Waals surface area contributed by atoms with Gasteiger partial charge in [0.05, 0.1) is 7.11 Å². The van der Waals surface area contributed by atoms with Crippen molar-refractivity contribution in [3.05, 3.63) is 71.5 Å². The number of fused-ring (bicyclic) bond motifs is 1. The zero-order valence-electron chi connectivity index (χ0n) is 13.8. The lowest BCUT2D eigenvalue weighted by Gasteiger charge is -2.11. The summed E-state index contributed by atoms with van der Waals surface area (Å²) in [5.41, 5.74) is 2.68. The quantitative estimate of drug-likeness (QED) is 0.506. The fraction of sp³-hybridized carbons (Fsp3) is 0.143. The van der Waals surface area contributed by atoms with Crippen molar-refractivity contribution in [1.82, 2.24) is 0 Å². The molecule has 0 aliphatic rings. The van der Waals surface area contributed by atoms with Crippen molar-refractivity contribution in [2.45, 2.75) is 12.8 Å². The number of halogens is 1. The fourth-order valence-corrected chi connectivity index (χ4v) is 2.91. The van der Waals surface area contributed by atoms with Crippen LogP contribution in [0, 0.1) is 5.82 Å². The monoisotopic (exact) mass is 336 g/mol. The molecule has 3 rings (SSSR count). The van der Waals surface area contributed by atoms with Gasteiger partial charge in [-0.25, -0.2) is 4.39 Å². The van der Waals surface area contributed by atoms with Crippen molar-refractivity contribution >= 4 is 23.0 Å². The first-order valence-electron chi connectivity index (χ1n) is 7.96. The number of methoxy groups -OCH3 is 1. The average molecular weight is 336 g/mol. The lowest BCUT2D eigenvalue weighted by Crippen LogP contribution is -2.03. The summed E-state index contributed by atoms with van der Waals surface area (Å²) in [5, 5.41) is 1.93. The summed E-state index contributed by atoms with van der Waals surface area (Å²) in [6.07, 6.45) is 1.18. The molecule has 25 heavy (non-hydrogen) atoms. The highest BCUT2D eigenvalue weighted by atomic mass is 19.1. The maximum absolute atomic E-state index is 14.1. The molecule has 0 unspecified atom stereocenters. The molecule has 0 atom stereocenters. The van der Waals surface area contributed by atoms with E-state index in [4.69, 9.17) is 0 Å².